The number of benzene rings is 1. The molecule has 0 spiro atoms. The molecule has 0 aliphatic rings. The Bertz CT molecular complexity index is 679. The van der Waals surface area contributed by atoms with Crippen molar-refractivity contribution < 1.29 is 8.42 Å². The molecule has 1 heterocycles. The van der Waals surface area contributed by atoms with Crippen molar-refractivity contribution in [2.45, 2.75) is 17.4 Å². The Hall–Kier alpha value is -0.880. The summed E-state index contributed by atoms with van der Waals surface area (Å²) in [6.07, 6.45) is 1.83. The molecule has 1 aromatic heterocycles. The monoisotopic (exact) mass is 315 g/mol. The highest BCUT2D eigenvalue weighted by Crippen LogP contribution is 2.26. The average Bonchev–Trinajstić information content (AvgIpc) is 2.74. The van der Waals surface area contributed by atoms with Gasteiger partial charge in [0.2, 0.25) is 0 Å². The number of hydrogen-bond acceptors (Lipinski definition) is 4. The SMILES string of the molecule is CS(=O)(=O)c1cccc(C(N)Cc2ccc(Cl)s2)c1. The predicted molar refractivity (Wildman–Crippen MR) is 79.5 cm³/mol. The molecule has 0 fully saturated rings. The summed E-state index contributed by atoms with van der Waals surface area (Å²) in [4.78, 5) is 1.38. The molecule has 1 unspecified atom stereocenters. The van der Waals surface area contributed by atoms with E-state index in [2.05, 4.69) is 0 Å². The van der Waals surface area contributed by atoms with Crippen molar-refractivity contribution in [1.29, 1.82) is 0 Å². The molecule has 19 heavy (non-hydrogen) atoms. The van der Waals surface area contributed by atoms with Gasteiger partial charge in [-0.2, -0.15) is 0 Å². The highest BCUT2D eigenvalue weighted by atomic mass is 35.5. The van der Waals surface area contributed by atoms with E-state index in [4.69, 9.17) is 17.3 Å². The molecule has 0 saturated carbocycles. The summed E-state index contributed by atoms with van der Waals surface area (Å²) in [6, 6.07) is 10.3. The normalized spacial score (nSPS) is 13.4. The zero-order chi connectivity index (χ0) is 14.0. The molecule has 0 aliphatic carbocycles. The molecule has 0 bridgehead atoms. The molecule has 2 N–H and O–H groups in total. The van der Waals surface area contributed by atoms with Gasteiger partial charge in [-0.3, -0.25) is 0 Å². The van der Waals surface area contributed by atoms with Crippen molar-refractivity contribution in [3.63, 3.8) is 0 Å². The van der Waals surface area contributed by atoms with Gasteiger partial charge < -0.3 is 5.73 Å². The van der Waals surface area contributed by atoms with E-state index in [9.17, 15) is 8.42 Å². The fourth-order valence-electron chi connectivity index (χ4n) is 1.77. The molecule has 102 valence electrons. The summed E-state index contributed by atoms with van der Waals surface area (Å²) in [5.74, 6) is 0. The molecular weight excluding hydrogens is 302 g/mol. The highest BCUT2D eigenvalue weighted by molar-refractivity contribution is 7.90. The van der Waals surface area contributed by atoms with Gasteiger partial charge in [-0.1, -0.05) is 23.7 Å². The first kappa shape index (κ1) is 14.5. The molecule has 3 nitrogen and oxygen atoms in total. The number of halogens is 1. The minimum atomic E-state index is -3.20. The van der Waals surface area contributed by atoms with Crippen molar-refractivity contribution in [2.24, 2.45) is 5.73 Å². The van der Waals surface area contributed by atoms with Gasteiger partial charge in [0.1, 0.15) is 0 Å². The van der Waals surface area contributed by atoms with Crippen LogP contribution in [0.15, 0.2) is 41.3 Å². The third-order valence-electron chi connectivity index (χ3n) is 2.76. The minimum absolute atomic E-state index is 0.239. The Morgan fingerprint density at radius 2 is 2.05 bits per heavy atom. The summed E-state index contributed by atoms with van der Waals surface area (Å²) in [7, 11) is -3.20. The fraction of sp³-hybridized carbons (Fsp3) is 0.231. The standard InChI is InChI=1S/C13H14ClNO2S2/c1-19(16,17)11-4-2-3-9(7-11)12(15)8-10-5-6-13(14)18-10/h2-7,12H,8,15H2,1H3. The van der Waals surface area contributed by atoms with Crippen molar-refractivity contribution in [2.75, 3.05) is 6.26 Å². The Kier molecular flexibility index (Phi) is 4.30. The topological polar surface area (TPSA) is 60.2 Å². The molecule has 6 heteroatoms. The second kappa shape index (κ2) is 5.63. The van der Waals surface area contributed by atoms with E-state index >= 15 is 0 Å². The summed E-state index contributed by atoms with van der Waals surface area (Å²) < 4.78 is 23.8. The maximum absolute atomic E-state index is 11.5. The van der Waals surface area contributed by atoms with Gasteiger partial charge in [0, 0.05) is 23.6 Å². The predicted octanol–water partition coefficient (Wildman–Crippen LogP) is 3.05. The number of hydrogen-bond donors (Lipinski definition) is 1. The summed E-state index contributed by atoms with van der Waals surface area (Å²) in [5, 5.41) is 0. The highest BCUT2D eigenvalue weighted by Gasteiger charge is 2.12. The number of sulfone groups is 1. The van der Waals surface area contributed by atoms with Crippen LogP contribution in [0.2, 0.25) is 4.34 Å². The van der Waals surface area contributed by atoms with Crippen molar-refractivity contribution >= 4 is 32.8 Å². The first-order chi connectivity index (χ1) is 8.86. The van der Waals surface area contributed by atoms with Crippen LogP contribution in [0.25, 0.3) is 0 Å². The second-order valence-corrected chi connectivity index (χ2v) is 8.18. The van der Waals surface area contributed by atoms with E-state index in [1.165, 1.54) is 17.6 Å². The third-order valence-corrected chi connectivity index (χ3v) is 5.13. The molecule has 0 amide bonds. The van der Waals surface area contributed by atoms with Crippen molar-refractivity contribution in [3.8, 4) is 0 Å². The number of thiophene rings is 1. The summed E-state index contributed by atoms with van der Waals surface area (Å²) >= 11 is 7.36. The lowest BCUT2D eigenvalue weighted by Gasteiger charge is -2.12. The lowest BCUT2D eigenvalue weighted by Crippen LogP contribution is -2.13. The van der Waals surface area contributed by atoms with E-state index in [0.717, 1.165) is 14.8 Å². The zero-order valence-corrected chi connectivity index (χ0v) is 12.7. The van der Waals surface area contributed by atoms with Gasteiger partial charge >= 0.3 is 0 Å². The maximum Gasteiger partial charge on any atom is 0.175 e. The Morgan fingerprint density at radius 1 is 1.32 bits per heavy atom. The molecule has 2 rings (SSSR count). The third kappa shape index (κ3) is 3.79. The second-order valence-electron chi connectivity index (χ2n) is 4.36. The van der Waals surface area contributed by atoms with Crippen LogP contribution in [0.5, 0.6) is 0 Å². The molecule has 2 aromatic rings. The first-order valence-electron chi connectivity index (χ1n) is 5.66. The van der Waals surface area contributed by atoms with Crippen LogP contribution in [0.3, 0.4) is 0 Å². The van der Waals surface area contributed by atoms with Gasteiger partial charge in [-0.05, 0) is 29.8 Å². The van der Waals surface area contributed by atoms with E-state index in [1.807, 2.05) is 18.2 Å². The summed E-state index contributed by atoms with van der Waals surface area (Å²) in [5.41, 5.74) is 6.93. The Morgan fingerprint density at radius 3 is 2.63 bits per heavy atom. The van der Waals surface area contributed by atoms with E-state index in [1.54, 1.807) is 18.2 Å². The van der Waals surface area contributed by atoms with Gasteiger partial charge in [0.15, 0.2) is 9.84 Å². The molecule has 0 aliphatic heterocycles. The maximum atomic E-state index is 11.5. The van der Waals surface area contributed by atoms with Gasteiger partial charge in [0.05, 0.1) is 9.23 Å². The van der Waals surface area contributed by atoms with E-state index in [0.29, 0.717) is 11.3 Å². The van der Waals surface area contributed by atoms with Crippen LogP contribution in [-0.2, 0) is 16.3 Å². The van der Waals surface area contributed by atoms with Crippen LogP contribution in [-0.4, -0.2) is 14.7 Å². The van der Waals surface area contributed by atoms with Crippen molar-refractivity contribution in [1.82, 2.24) is 0 Å². The van der Waals surface area contributed by atoms with Gasteiger partial charge in [-0.15, -0.1) is 11.3 Å². The Labute approximate surface area is 121 Å². The number of nitrogens with two attached hydrogens (primary N) is 1. The van der Waals surface area contributed by atoms with Crippen LogP contribution in [0, 0.1) is 0 Å². The molecule has 0 radical (unpaired) electrons. The van der Waals surface area contributed by atoms with Crippen LogP contribution < -0.4 is 5.73 Å². The number of rotatable bonds is 4. The van der Waals surface area contributed by atoms with E-state index in [-0.39, 0.29) is 6.04 Å². The lowest BCUT2D eigenvalue weighted by atomic mass is 10.0. The molecule has 0 saturated heterocycles. The largest absolute Gasteiger partial charge is 0.324 e. The fourth-order valence-corrected chi connectivity index (χ4v) is 3.59. The van der Waals surface area contributed by atoms with Gasteiger partial charge in [-0.25, -0.2) is 8.42 Å². The zero-order valence-electron chi connectivity index (χ0n) is 10.3. The lowest BCUT2D eigenvalue weighted by molar-refractivity contribution is 0.601. The van der Waals surface area contributed by atoms with Crippen LogP contribution >= 0.6 is 22.9 Å². The molecule has 1 aromatic carbocycles. The Balaban J connectivity index is 2.22. The van der Waals surface area contributed by atoms with E-state index < -0.39 is 9.84 Å². The van der Waals surface area contributed by atoms with Crippen LogP contribution in [0.4, 0.5) is 0 Å². The van der Waals surface area contributed by atoms with Gasteiger partial charge in [0.25, 0.3) is 0 Å². The smallest absolute Gasteiger partial charge is 0.175 e. The van der Waals surface area contributed by atoms with Crippen molar-refractivity contribution in [3.05, 3.63) is 51.2 Å². The average molecular weight is 316 g/mol. The summed E-state index contributed by atoms with van der Waals surface area (Å²) in [6.45, 7) is 0. The molecular formula is C13H14ClNO2S2. The quantitative estimate of drug-likeness (QED) is 0.943. The molecule has 1 atom stereocenters. The van der Waals surface area contributed by atoms with Crippen LogP contribution in [0.1, 0.15) is 16.5 Å². The first-order valence-corrected chi connectivity index (χ1v) is 8.74. The minimum Gasteiger partial charge on any atom is -0.324 e.